The highest BCUT2D eigenvalue weighted by Gasteiger charge is 2.06. The van der Waals surface area contributed by atoms with E-state index in [1.165, 1.54) is 5.56 Å². The molecule has 0 N–H and O–H groups in total. The number of Topliss-reactive ketones (excluding diaryl/α,β-unsaturated/α-hetero) is 1. The topological polar surface area (TPSA) is 26.3 Å². The Morgan fingerprint density at radius 1 is 1.21 bits per heavy atom. The molecule has 2 nitrogen and oxygen atoms in total. The minimum atomic E-state index is 0.0413. The first-order chi connectivity index (χ1) is 9.29. The lowest BCUT2D eigenvalue weighted by Crippen LogP contribution is -2.08. The number of rotatable bonds is 7. The van der Waals surface area contributed by atoms with E-state index >= 15 is 0 Å². The smallest absolute Gasteiger partial charge is 0.188 e. The van der Waals surface area contributed by atoms with Crippen molar-refractivity contribution in [3.63, 3.8) is 0 Å². The van der Waals surface area contributed by atoms with Crippen molar-refractivity contribution >= 4 is 17.1 Å². The van der Waals surface area contributed by atoms with E-state index in [1.54, 1.807) is 11.3 Å². The molecule has 0 fully saturated rings. The summed E-state index contributed by atoms with van der Waals surface area (Å²) in [5.74, 6) is 0.0413. The van der Waals surface area contributed by atoms with Gasteiger partial charge < -0.3 is 4.74 Å². The van der Waals surface area contributed by atoms with Crippen LogP contribution < -0.4 is 0 Å². The largest absolute Gasteiger partial charge is 0.368 e. The van der Waals surface area contributed by atoms with E-state index < -0.39 is 0 Å². The van der Waals surface area contributed by atoms with Crippen molar-refractivity contribution in [1.29, 1.82) is 0 Å². The van der Waals surface area contributed by atoms with Gasteiger partial charge in [-0.15, -0.1) is 11.3 Å². The van der Waals surface area contributed by atoms with Crippen LogP contribution >= 0.6 is 11.3 Å². The third kappa shape index (κ3) is 4.30. The molecule has 0 amide bonds. The van der Waals surface area contributed by atoms with Crippen molar-refractivity contribution in [2.75, 3.05) is 6.61 Å². The van der Waals surface area contributed by atoms with E-state index in [-0.39, 0.29) is 12.4 Å². The molecule has 100 valence electrons. The Bertz CT molecular complexity index is 500. The molecule has 0 atom stereocenters. The lowest BCUT2D eigenvalue weighted by atomic mass is 10.1. The molecule has 2 aromatic rings. The zero-order valence-electron chi connectivity index (χ0n) is 11.1. The van der Waals surface area contributed by atoms with Crippen LogP contribution in [-0.2, 0) is 17.8 Å². The van der Waals surface area contributed by atoms with Crippen molar-refractivity contribution in [1.82, 2.24) is 0 Å². The Hall–Kier alpha value is -1.45. The summed E-state index contributed by atoms with van der Waals surface area (Å²) in [6.45, 7) is 2.81. The zero-order chi connectivity index (χ0) is 13.5. The van der Waals surface area contributed by atoms with Gasteiger partial charge in [-0.2, -0.15) is 0 Å². The Morgan fingerprint density at radius 2 is 2.00 bits per heavy atom. The third-order valence-corrected chi connectivity index (χ3v) is 3.72. The molecule has 0 aliphatic rings. The number of hydrogen-bond acceptors (Lipinski definition) is 3. The summed E-state index contributed by atoms with van der Waals surface area (Å²) in [5.41, 5.74) is 2.00. The second-order valence-corrected chi connectivity index (χ2v) is 5.47. The van der Waals surface area contributed by atoms with Crippen LogP contribution in [0.25, 0.3) is 0 Å². The first-order valence-electron chi connectivity index (χ1n) is 6.52. The highest BCUT2D eigenvalue weighted by atomic mass is 32.1. The maximum atomic E-state index is 11.9. The zero-order valence-corrected chi connectivity index (χ0v) is 11.9. The van der Waals surface area contributed by atoms with Crippen LogP contribution in [0, 0.1) is 0 Å². The molecule has 1 aromatic carbocycles. The van der Waals surface area contributed by atoms with Gasteiger partial charge >= 0.3 is 0 Å². The molecule has 0 aliphatic carbocycles. The number of aryl methyl sites for hydroxylation is 1. The molecule has 19 heavy (non-hydrogen) atoms. The fraction of sp³-hybridized carbons (Fsp3) is 0.312. The van der Waals surface area contributed by atoms with Gasteiger partial charge in [0.15, 0.2) is 5.78 Å². The van der Waals surface area contributed by atoms with E-state index in [1.807, 2.05) is 41.8 Å². The molecule has 0 saturated carbocycles. The number of hydrogen-bond donors (Lipinski definition) is 0. The van der Waals surface area contributed by atoms with Crippen LogP contribution in [0.3, 0.4) is 0 Å². The molecule has 2 rings (SSSR count). The average Bonchev–Trinajstić information content (AvgIpc) is 2.93. The number of ketones is 1. The quantitative estimate of drug-likeness (QED) is 0.710. The Balaban J connectivity index is 1.82. The molecule has 0 spiro atoms. The fourth-order valence-corrected chi connectivity index (χ4v) is 2.51. The van der Waals surface area contributed by atoms with Crippen molar-refractivity contribution < 1.29 is 9.53 Å². The van der Waals surface area contributed by atoms with Crippen molar-refractivity contribution in [2.45, 2.75) is 26.4 Å². The molecule has 3 heteroatoms. The molecular formula is C16H18O2S. The number of thiophene rings is 1. The number of ether oxygens (including phenoxy) is 1. The van der Waals surface area contributed by atoms with Gasteiger partial charge in [0.2, 0.25) is 0 Å². The first kappa shape index (κ1) is 14.0. The second-order valence-electron chi connectivity index (χ2n) is 4.44. The van der Waals surface area contributed by atoms with Gasteiger partial charge in [-0.3, -0.25) is 4.79 Å². The molecule has 0 unspecified atom stereocenters. The van der Waals surface area contributed by atoms with Crippen LogP contribution in [0.4, 0.5) is 0 Å². The molecule has 0 radical (unpaired) electrons. The summed E-state index contributed by atoms with van der Waals surface area (Å²) in [6.07, 6.45) is 2.18. The highest BCUT2D eigenvalue weighted by Crippen LogP contribution is 2.11. The summed E-state index contributed by atoms with van der Waals surface area (Å²) in [4.78, 5) is 13.1. The summed E-state index contributed by atoms with van der Waals surface area (Å²) < 4.78 is 5.43. The Morgan fingerprint density at radius 3 is 2.63 bits per heavy atom. The monoisotopic (exact) mass is 274 g/mol. The van der Waals surface area contributed by atoms with Crippen molar-refractivity contribution in [3.8, 4) is 0 Å². The highest BCUT2D eigenvalue weighted by molar-refractivity contribution is 7.09. The number of carbonyl (C=O) groups excluding carboxylic acids is 1. The van der Waals surface area contributed by atoms with Gasteiger partial charge in [-0.05, 0) is 23.4 Å². The van der Waals surface area contributed by atoms with E-state index in [0.29, 0.717) is 6.61 Å². The molecule has 0 aliphatic heterocycles. The van der Waals surface area contributed by atoms with Gasteiger partial charge in [-0.1, -0.05) is 43.7 Å². The summed E-state index contributed by atoms with van der Waals surface area (Å²) in [6, 6.07) is 11.8. The number of benzene rings is 1. The lowest BCUT2D eigenvalue weighted by Gasteiger charge is -2.04. The average molecular weight is 274 g/mol. The van der Waals surface area contributed by atoms with E-state index in [2.05, 4.69) is 6.92 Å². The predicted octanol–water partition coefficient (Wildman–Crippen LogP) is 4.10. The molecular weight excluding hydrogens is 256 g/mol. The molecule has 1 aromatic heterocycles. The van der Waals surface area contributed by atoms with E-state index in [4.69, 9.17) is 4.74 Å². The summed E-state index contributed by atoms with van der Waals surface area (Å²) >= 11 is 1.64. The summed E-state index contributed by atoms with van der Waals surface area (Å²) in [7, 11) is 0. The summed E-state index contributed by atoms with van der Waals surface area (Å²) in [5, 5.41) is 2.01. The minimum Gasteiger partial charge on any atom is -0.368 e. The third-order valence-electron chi connectivity index (χ3n) is 2.87. The van der Waals surface area contributed by atoms with E-state index in [9.17, 15) is 4.79 Å². The van der Waals surface area contributed by atoms with Crippen LogP contribution in [0.2, 0.25) is 0 Å². The van der Waals surface area contributed by atoms with Crippen LogP contribution in [0.5, 0.6) is 0 Å². The second kappa shape index (κ2) is 7.22. The van der Waals surface area contributed by atoms with Crippen molar-refractivity contribution in [2.24, 2.45) is 0 Å². The number of carbonyl (C=O) groups is 1. The first-order valence-corrected chi connectivity index (χ1v) is 7.40. The van der Waals surface area contributed by atoms with Crippen LogP contribution in [-0.4, -0.2) is 12.4 Å². The maximum absolute atomic E-state index is 11.9. The Kier molecular flexibility index (Phi) is 5.31. The standard InChI is InChI=1S/C16H18O2S/c1-2-4-13-6-8-14(9-7-13)16(17)12-18-11-15-5-3-10-19-15/h3,5-10H,2,4,11-12H2,1H3. The minimum absolute atomic E-state index is 0.0413. The Labute approximate surface area is 118 Å². The SMILES string of the molecule is CCCc1ccc(C(=O)COCc2cccs2)cc1. The maximum Gasteiger partial charge on any atom is 0.188 e. The van der Waals surface area contributed by atoms with Gasteiger partial charge in [0, 0.05) is 10.4 Å². The molecule has 0 saturated heterocycles. The van der Waals surface area contributed by atoms with Crippen molar-refractivity contribution in [3.05, 3.63) is 57.8 Å². The molecule has 0 bridgehead atoms. The van der Waals surface area contributed by atoms with Gasteiger partial charge in [-0.25, -0.2) is 0 Å². The predicted molar refractivity (Wildman–Crippen MR) is 78.7 cm³/mol. The lowest BCUT2D eigenvalue weighted by molar-refractivity contribution is 0.0731. The van der Waals surface area contributed by atoms with Crippen LogP contribution in [0.1, 0.15) is 34.1 Å². The van der Waals surface area contributed by atoms with E-state index in [0.717, 1.165) is 23.3 Å². The fourth-order valence-electron chi connectivity index (χ4n) is 1.87. The van der Waals surface area contributed by atoms with Crippen LogP contribution in [0.15, 0.2) is 41.8 Å². The van der Waals surface area contributed by atoms with Gasteiger partial charge in [0.25, 0.3) is 0 Å². The normalized spacial score (nSPS) is 10.6. The van der Waals surface area contributed by atoms with Gasteiger partial charge in [0.1, 0.15) is 6.61 Å². The molecule has 1 heterocycles. The van der Waals surface area contributed by atoms with Gasteiger partial charge in [0.05, 0.1) is 6.61 Å².